The molecule has 0 fully saturated rings. The van der Waals surface area contributed by atoms with Crippen molar-refractivity contribution in [2.45, 2.75) is 32.7 Å². The highest BCUT2D eigenvalue weighted by atomic mass is 16.1. The summed E-state index contributed by atoms with van der Waals surface area (Å²) < 4.78 is 2.05. The first-order valence-corrected chi connectivity index (χ1v) is 7.56. The summed E-state index contributed by atoms with van der Waals surface area (Å²) in [6.45, 7) is 5.16. The second-order valence-corrected chi connectivity index (χ2v) is 5.25. The van der Waals surface area contributed by atoms with Crippen molar-refractivity contribution in [3.05, 3.63) is 35.9 Å². The van der Waals surface area contributed by atoms with Gasteiger partial charge < -0.3 is 10.6 Å². The van der Waals surface area contributed by atoms with Gasteiger partial charge in [0.2, 0.25) is 0 Å². The van der Waals surface area contributed by atoms with Gasteiger partial charge in [-0.05, 0) is 39.4 Å². The molecule has 6 nitrogen and oxygen atoms in total. The number of nitrogens with one attached hydrogen (secondary N) is 2. The van der Waals surface area contributed by atoms with Gasteiger partial charge in [0.25, 0.3) is 0 Å². The maximum absolute atomic E-state index is 11.1. The average molecular weight is 301 g/mol. The third kappa shape index (κ3) is 3.51. The van der Waals surface area contributed by atoms with Crippen molar-refractivity contribution in [1.82, 2.24) is 20.1 Å². The van der Waals surface area contributed by atoms with Crippen LogP contribution in [0.1, 0.15) is 41.9 Å². The molecule has 2 N–H and O–H groups in total. The van der Waals surface area contributed by atoms with E-state index in [4.69, 9.17) is 0 Å². The predicted octanol–water partition coefficient (Wildman–Crippen LogP) is 2.70. The Kier molecular flexibility index (Phi) is 5.66. The molecule has 0 amide bonds. The van der Waals surface area contributed by atoms with Crippen LogP contribution >= 0.6 is 0 Å². The van der Waals surface area contributed by atoms with Crippen molar-refractivity contribution >= 4 is 17.7 Å². The minimum Gasteiger partial charge on any atom is -0.351 e. The van der Waals surface area contributed by atoms with E-state index in [0.29, 0.717) is 17.3 Å². The zero-order valence-corrected chi connectivity index (χ0v) is 13.3. The second kappa shape index (κ2) is 7.70. The van der Waals surface area contributed by atoms with Crippen LogP contribution in [0.15, 0.2) is 24.7 Å². The number of rotatable bonds is 8. The molecule has 0 radical (unpaired) electrons. The van der Waals surface area contributed by atoms with Gasteiger partial charge in [0.15, 0.2) is 6.29 Å². The quantitative estimate of drug-likeness (QED) is 0.734. The van der Waals surface area contributed by atoms with E-state index in [1.807, 2.05) is 14.0 Å². The van der Waals surface area contributed by atoms with Gasteiger partial charge in [0.05, 0.1) is 35.5 Å². The molecular formula is C16H23N5O. The molecule has 0 aliphatic heterocycles. The highest BCUT2D eigenvalue weighted by Gasteiger charge is 2.15. The number of hydrogen-bond donors (Lipinski definition) is 2. The predicted molar refractivity (Wildman–Crippen MR) is 87.7 cm³/mol. The van der Waals surface area contributed by atoms with Crippen molar-refractivity contribution in [3.63, 3.8) is 0 Å². The summed E-state index contributed by atoms with van der Waals surface area (Å²) in [5.41, 5.74) is 3.25. The molecule has 2 heterocycles. The zero-order chi connectivity index (χ0) is 15.9. The van der Waals surface area contributed by atoms with Crippen molar-refractivity contribution in [1.29, 1.82) is 0 Å². The SMILES string of the molecule is CCC(CCNC)n1ncc(Nc2cnccc2C=O)c1C. The fourth-order valence-electron chi connectivity index (χ4n) is 2.48. The lowest BCUT2D eigenvalue weighted by Gasteiger charge is -2.17. The lowest BCUT2D eigenvalue weighted by Crippen LogP contribution is -2.18. The topological polar surface area (TPSA) is 71.8 Å². The van der Waals surface area contributed by atoms with Crippen molar-refractivity contribution in [3.8, 4) is 0 Å². The molecule has 0 saturated heterocycles. The number of carbonyl (C=O) groups excluding carboxylic acids is 1. The number of anilines is 2. The average Bonchev–Trinajstić information content (AvgIpc) is 2.90. The van der Waals surface area contributed by atoms with Crippen LogP contribution < -0.4 is 10.6 Å². The molecule has 0 spiro atoms. The Morgan fingerprint density at radius 1 is 1.36 bits per heavy atom. The molecule has 0 aliphatic rings. The van der Waals surface area contributed by atoms with Gasteiger partial charge >= 0.3 is 0 Å². The van der Waals surface area contributed by atoms with Crippen LogP contribution in [0.4, 0.5) is 11.4 Å². The van der Waals surface area contributed by atoms with Gasteiger partial charge in [-0.25, -0.2) is 0 Å². The molecule has 6 heteroatoms. The van der Waals surface area contributed by atoms with E-state index in [1.165, 1.54) is 0 Å². The molecule has 118 valence electrons. The Hall–Kier alpha value is -2.21. The maximum Gasteiger partial charge on any atom is 0.152 e. The molecule has 1 unspecified atom stereocenters. The van der Waals surface area contributed by atoms with E-state index in [2.05, 4.69) is 32.3 Å². The lowest BCUT2D eigenvalue weighted by atomic mass is 10.1. The third-order valence-electron chi connectivity index (χ3n) is 3.84. The van der Waals surface area contributed by atoms with E-state index in [-0.39, 0.29) is 0 Å². The largest absolute Gasteiger partial charge is 0.351 e. The van der Waals surface area contributed by atoms with Crippen LogP contribution in [-0.2, 0) is 0 Å². The monoisotopic (exact) mass is 301 g/mol. The molecule has 0 aromatic carbocycles. The van der Waals surface area contributed by atoms with Crippen LogP contribution in [0.3, 0.4) is 0 Å². The number of pyridine rings is 1. The first kappa shape index (κ1) is 16.2. The van der Waals surface area contributed by atoms with E-state index in [0.717, 1.165) is 37.1 Å². The van der Waals surface area contributed by atoms with E-state index >= 15 is 0 Å². The van der Waals surface area contributed by atoms with Gasteiger partial charge in [-0.1, -0.05) is 6.92 Å². The first-order valence-electron chi connectivity index (χ1n) is 7.56. The van der Waals surface area contributed by atoms with Crippen LogP contribution in [0.2, 0.25) is 0 Å². The molecule has 2 aromatic heterocycles. The summed E-state index contributed by atoms with van der Waals surface area (Å²) in [5, 5.41) is 10.9. The Bertz CT molecular complexity index is 623. The Morgan fingerprint density at radius 2 is 2.18 bits per heavy atom. The summed E-state index contributed by atoms with van der Waals surface area (Å²) >= 11 is 0. The number of aldehydes is 1. The van der Waals surface area contributed by atoms with E-state index in [1.54, 1.807) is 24.7 Å². The molecule has 2 rings (SSSR count). The van der Waals surface area contributed by atoms with Gasteiger partial charge in [-0.2, -0.15) is 5.10 Å². The van der Waals surface area contributed by atoms with Crippen molar-refractivity contribution in [2.75, 3.05) is 18.9 Å². The van der Waals surface area contributed by atoms with Gasteiger partial charge in [-0.15, -0.1) is 0 Å². The standard InChI is InChI=1S/C16H23N5O/c1-4-14(6-7-17-3)21-12(2)15(10-19-21)20-16-9-18-8-5-13(16)11-22/h5,8-11,14,17,20H,4,6-7H2,1-3H3. The molecule has 2 aromatic rings. The summed E-state index contributed by atoms with van der Waals surface area (Å²) in [6.07, 6.45) is 7.94. The highest BCUT2D eigenvalue weighted by Crippen LogP contribution is 2.25. The van der Waals surface area contributed by atoms with Crippen molar-refractivity contribution in [2.24, 2.45) is 0 Å². The molecule has 1 atom stereocenters. The second-order valence-electron chi connectivity index (χ2n) is 5.25. The summed E-state index contributed by atoms with van der Waals surface area (Å²) in [4.78, 5) is 15.1. The molecular weight excluding hydrogens is 278 g/mol. The highest BCUT2D eigenvalue weighted by molar-refractivity contribution is 5.85. The van der Waals surface area contributed by atoms with Gasteiger partial charge in [-0.3, -0.25) is 14.5 Å². The number of nitrogens with zero attached hydrogens (tertiary/aromatic N) is 3. The smallest absolute Gasteiger partial charge is 0.152 e. The lowest BCUT2D eigenvalue weighted by molar-refractivity contribution is 0.112. The van der Waals surface area contributed by atoms with E-state index in [9.17, 15) is 4.79 Å². The van der Waals surface area contributed by atoms with Crippen LogP contribution in [0.25, 0.3) is 0 Å². The van der Waals surface area contributed by atoms with E-state index < -0.39 is 0 Å². The Morgan fingerprint density at radius 3 is 2.86 bits per heavy atom. The van der Waals surface area contributed by atoms with Crippen LogP contribution in [0, 0.1) is 6.92 Å². The molecule has 0 bridgehead atoms. The minimum atomic E-state index is 0.363. The van der Waals surface area contributed by atoms with Crippen molar-refractivity contribution < 1.29 is 4.79 Å². The summed E-state index contributed by atoms with van der Waals surface area (Å²) in [7, 11) is 1.96. The molecule has 22 heavy (non-hydrogen) atoms. The van der Waals surface area contributed by atoms with Gasteiger partial charge in [0, 0.05) is 11.8 Å². The summed E-state index contributed by atoms with van der Waals surface area (Å²) in [5.74, 6) is 0. The molecule has 0 saturated carbocycles. The fourth-order valence-corrected chi connectivity index (χ4v) is 2.48. The number of carbonyl (C=O) groups is 1. The first-order chi connectivity index (χ1) is 10.7. The third-order valence-corrected chi connectivity index (χ3v) is 3.84. The Balaban J connectivity index is 2.21. The van der Waals surface area contributed by atoms with Gasteiger partial charge in [0.1, 0.15) is 0 Å². The zero-order valence-electron chi connectivity index (χ0n) is 13.3. The van der Waals surface area contributed by atoms with Crippen LogP contribution in [-0.4, -0.2) is 34.6 Å². The molecule has 0 aliphatic carbocycles. The number of hydrogen-bond acceptors (Lipinski definition) is 5. The fraction of sp³-hybridized carbons (Fsp3) is 0.438. The Labute approximate surface area is 130 Å². The van der Waals surface area contributed by atoms with Crippen LogP contribution in [0.5, 0.6) is 0 Å². The maximum atomic E-state index is 11.1. The summed E-state index contributed by atoms with van der Waals surface area (Å²) in [6, 6.07) is 2.05. The normalized spacial score (nSPS) is 12.1. The number of aromatic nitrogens is 3. The minimum absolute atomic E-state index is 0.363.